The molecule has 4 heteroatoms. The van der Waals surface area contributed by atoms with E-state index in [2.05, 4.69) is 5.10 Å². The minimum atomic E-state index is -2.51. The van der Waals surface area contributed by atoms with Crippen LogP contribution in [0.2, 0.25) is 0 Å². The van der Waals surface area contributed by atoms with Crippen molar-refractivity contribution in [3.63, 3.8) is 0 Å². The van der Waals surface area contributed by atoms with Gasteiger partial charge in [0.1, 0.15) is 0 Å². The Balaban J connectivity index is 2.78. The molecule has 0 amide bonds. The second-order valence-corrected chi connectivity index (χ2v) is 1.96. The predicted octanol–water partition coefficient (Wildman–Crippen LogP) is 1.84. The van der Waals surface area contributed by atoms with Gasteiger partial charge in [-0.2, -0.15) is 13.9 Å². The van der Waals surface area contributed by atoms with Gasteiger partial charge >= 0.3 is 6.55 Å². The number of hydrogen-bond donors (Lipinski definition) is 0. The van der Waals surface area contributed by atoms with Gasteiger partial charge in [0.15, 0.2) is 0 Å². The molecule has 0 bridgehead atoms. The lowest BCUT2D eigenvalue weighted by Gasteiger charge is -1.94. The van der Waals surface area contributed by atoms with E-state index in [0.717, 1.165) is 12.0 Å². The zero-order valence-corrected chi connectivity index (χ0v) is 5.59. The van der Waals surface area contributed by atoms with Crippen molar-refractivity contribution in [3.05, 3.63) is 18.0 Å². The molecule has 10 heavy (non-hydrogen) atoms. The molecule has 0 spiro atoms. The van der Waals surface area contributed by atoms with E-state index in [4.69, 9.17) is 0 Å². The van der Waals surface area contributed by atoms with Crippen LogP contribution in [0.3, 0.4) is 0 Å². The summed E-state index contributed by atoms with van der Waals surface area (Å²) in [5.74, 6) is 0. The fraction of sp³-hybridized carbons (Fsp3) is 0.500. The number of rotatable bonds is 2. The summed E-state index contributed by atoms with van der Waals surface area (Å²) in [6.07, 6.45) is 3.55. The highest BCUT2D eigenvalue weighted by molar-refractivity contribution is 5.02. The second kappa shape index (κ2) is 2.77. The molecule has 2 nitrogen and oxygen atoms in total. The third-order valence-electron chi connectivity index (χ3n) is 1.26. The molecule has 0 atom stereocenters. The van der Waals surface area contributed by atoms with Gasteiger partial charge in [-0.3, -0.25) is 0 Å². The Morgan fingerprint density at radius 3 is 2.70 bits per heavy atom. The maximum atomic E-state index is 11.8. The quantitative estimate of drug-likeness (QED) is 0.622. The third kappa shape index (κ3) is 1.32. The first kappa shape index (κ1) is 7.18. The van der Waals surface area contributed by atoms with Crippen LogP contribution in [0.15, 0.2) is 12.4 Å². The van der Waals surface area contributed by atoms with Crippen LogP contribution in [-0.4, -0.2) is 9.78 Å². The van der Waals surface area contributed by atoms with Crippen LogP contribution in [0.5, 0.6) is 0 Å². The molecule has 1 rings (SSSR count). The number of hydrogen-bond acceptors (Lipinski definition) is 1. The first-order valence-electron chi connectivity index (χ1n) is 3.05. The summed E-state index contributed by atoms with van der Waals surface area (Å²) in [5.41, 5.74) is 0.834. The first-order valence-corrected chi connectivity index (χ1v) is 3.05. The first-order chi connectivity index (χ1) is 4.74. The zero-order chi connectivity index (χ0) is 7.56. The zero-order valence-electron chi connectivity index (χ0n) is 5.59. The normalized spacial score (nSPS) is 10.8. The van der Waals surface area contributed by atoms with E-state index in [1.54, 1.807) is 0 Å². The molecule has 1 aromatic rings. The van der Waals surface area contributed by atoms with E-state index < -0.39 is 6.55 Å². The average molecular weight is 146 g/mol. The lowest BCUT2D eigenvalue weighted by Crippen LogP contribution is -1.96. The molecule has 0 unspecified atom stereocenters. The summed E-state index contributed by atoms with van der Waals surface area (Å²) in [6, 6.07) is 0. The van der Waals surface area contributed by atoms with Crippen LogP contribution in [0.1, 0.15) is 19.0 Å². The number of aromatic nitrogens is 2. The van der Waals surface area contributed by atoms with Crippen LogP contribution in [-0.2, 0) is 6.42 Å². The minimum absolute atomic E-state index is 0.652. The van der Waals surface area contributed by atoms with Crippen LogP contribution in [0.4, 0.5) is 8.78 Å². The molecule has 0 aliphatic heterocycles. The summed E-state index contributed by atoms with van der Waals surface area (Å²) >= 11 is 0. The lowest BCUT2D eigenvalue weighted by molar-refractivity contribution is 0.0565. The molecular weight excluding hydrogens is 138 g/mol. The minimum Gasteiger partial charge on any atom is -0.211 e. The van der Waals surface area contributed by atoms with Crippen molar-refractivity contribution in [2.75, 3.05) is 0 Å². The highest BCUT2D eigenvalue weighted by atomic mass is 19.3. The maximum absolute atomic E-state index is 11.8. The second-order valence-electron chi connectivity index (χ2n) is 1.96. The monoisotopic (exact) mass is 146 g/mol. The van der Waals surface area contributed by atoms with E-state index >= 15 is 0 Å². The van der Waals surface area contributed by atoms with Gasteiger partial charge in [0.2, 0.25) is 0 Å². The van der Waals surface area contributed by atoms with Crippen molar-refractivity contribution in [1.29, 1.82) is 0 Å². The smallest absolute Gasteiger partial charge is 0.211 e. The van der Waals surface area contributed by atoms with E-state index in [1.807, 2.05) is 6.92 Å². The van der Waals surface area contributed by atoms with Gasteiger partial charge in [-0.15, -0.1) is 0 Å². The Bertz CT molecular complexity index is 207. The van der Waals surface area contributed by atoms with Crippen LogP contribution >= 0.6 is 0 Å². The average Bonchev–Trinajstić information content (AvgIpc) is 2.34. The van der Waals surface area contributed by atoms with Gasteiger partial charge in [-0.25, -0.2) is 4.68 Å². The van der Waals surface area contributed by atoms with Gasteiger partial charge in [0.05, 0.1) is 6.20 Å². The molecule has 0 aliphatic carbocycles. The summed E-state index contributed by atoms with van der Waals surface area (Å²) < 4.78 is 24.3. The molecular formula is C6H8F2N2. The lowest BCUT2D eigenvalue weighted by atomic mass is 10.3. The molecule has 56 valence electrons. The molecule has 0 aliphatic rings. The van der Waals surface area contributed by atoms with Crippen LogP contribution in [0, 0.1) is 0 Å². The largest absolute Gasteiger partial charge is 0.333 e. The molecule has 0 fully saturated rings. The van der Waals surface area contributed by atoms with E-state index in [9.17, 15) is 8.78 Å². The summed E-state index contributed by atoms with van der Waals surface area (Å²) in [4.78, 5) is 0. The SMILES string of the molecule is CCc1cnn(C(F)F)c1. The van der Waals surface area contributed by atoms with Crippen molar-refractivity contribution in [2.24, 2.45) is 0 Å². The maximum Gasteiger partial charge on any atom is 0.333 e. The Kier molecular flexibility index (Phi) is 1.99. The third-order valence-corrected chi connectivity index (χ3v) is 1.26. The predicted molar refractivity (Wildman–Crippen MR) is 32.9 cm³/mol. The number of alkyl halides is 2. The van der Waals surface area contributed by atoms with Gasteiger partial charge < -0.3 is 0 Å². The van der Waals surface area contributed by atoms with E-state index in [0.29, 0.717) is 4.68 Å². The number of aryl methyl sites for hydroxylation is 1. The summed E-state index contributed by atoms with van der Waals surface area (Å²) in [7, 11) is 0. The topological polar surface area (TPSA) is 17.8 Å². The van der Waals surface area contributed by atoms with Crippen LogP contribution in [0.25, 0.3) is 0 Å². The van der Waals surface area contributed by atoms with Gasteiger partial charge in [-0.05, 0) is 12.0 Å². The molecule has 0 N–H and O–H groups in total. The fourth-order valence-electron chi connectivity index (χ4n) is 0.667. The number of nitrogens with zero attached hydrogens (tertiary/aromatic N) is 2. The number of halogens is 2. The molecule has 1 aromatic heterocycles. The highest BCUT2D eigenvalue weighted by Gasteiger charge is 2.05. The molecule has 0 saturated heterocycles. The van der Waals surface area contributed by atoms with Gasteiger partial charge in [-0.1, -0.05) is 6.92 Å². The Morgan fingerprint density at radius 1 is 1.70 bits per heavy atom. The molecule has 1 heterocycles. The highest BCUT2D eigenvalue weighted by Crippen LogP contribution is 2.09. The van der Waals surface area contributed by atoms with E-state index in [-0.39, 0.29) is 0 Å². The van der Waals surface area contributed by atoms with Crippen molar-refractivity contribution in [3.8, 4) is 0 Å². The van der Waals surface area contributed by atoms with Crippen molar-refractivity contribution < 1.29 is 8.78 Å². The van der Waals surface area contributed by atoms with Gasteiger partial charge in [0, 0.05) is 6.20 Å². The molecule has 0 aromatic carbocycles. The van der Waals surface area contributed by atoms with Crippen molar-refractivity contribution >= 4 is 0 Å². The van der Waals surface area contributed by atoms with Gasteiger partial charge in [0.25, 0.3) is 0 Å². The fourth-order valence-corrected chi connectivity index (χ4v) is 0.667. The Labute approximate surface area is 57.5 Å². The Hall–Kier alpha value is -0.930. The molecule has 0 radical (unpaired) electrons. The van der Waals surface area contributed by atoms with Crippen LogP contribution < -0.4 is 0 Å². The summed E-state index contributed by atoms with van der Waals surface area (Å²) in [5, 5.41) is 3.45. The molecule has 0 saturated carbocycles. The van der Waals surface area contributed by atoms with Crippen molar-refractivity contribution in [1.82, 2.24) is 9.78 Å². The Morgan fingerprint density at radius 2 is 2.40 bits per heavy atom. The van der Waals surface area contributed by atoms with Crippen molar-refractivity contribution in [2.45, 2.75) is 19.9 Å². The standard InChI is InChI=1S/C6H8F2N2/c1-2-5-3-9-10(4-5)6(7)8/h3-4,6H,2H2,1H3. The van der Waals surface area contributed by atoms with E-state index in [1.165, 1.54) is 12.4 Å². The summed E-state index contributed by atoms with van der Waals surface area (Å²) in [6.45, 7) is -0.618.